The number of thioether (sulfide) groups is 1. The van der Waals surface area contributed by atoms with Gasteiger partial charge in [-0.05, 0) is 54.3 Å². The third-order valence-electron chi connectivity index (χ3n) is 6.32. The van der Waals surface area contributed by atoms with Crippen LogP contribution in [-0.4, -0.2) is 21.2 Å². The van der Waals surface area contributed by atoms with Gasteiger partial charge in [-0.1, -0.05) is 42.5 Å². The molecule has 1 amide bonds. The van der Waals surface area contributed by atoms with Gasteiger partial charge >= 0.3 is 0 Å². The lowest BCUT2D eigenvalue weighted by molar-refractivity contribution is -0.121. The van der Waals surface area contributed by atoms with Crippen molar-refractivity contribution in [1.29, 1.82) is 0 Å². The molecular formula is C28H26FN3O2S. The highest BCUT2D eigenvalue weighted by Gasteiger charge is 2.23. The van der Waals surface area contributed by atoms with Crippen LogP contribution in [0.2, 0.25) is 0 Å². The van der Waals surface area contributed by atoms with Gasteiger partial charge < -0.3 is 9.88 Å². The van der Waals surface area contributed by atoms with E-state index < -0.39 is 0 Å². The van der Waals surface area contributed by atoms with Crippen LogP contribution in [0, 0.1) is 5.82 Å². The van der Waals surface area contributed by atoms with Gasteiger partial charge in [0.05, 0.1) is 17.1 Å². The SMILES string of the molecule is O=C(CCc1nc2ccccc2n(CCc2ccccc2)c1=O)N[C@@H]1CCSc2ccc(F)cc21. The van der Waals surface area contributed by atoms with Crippen LogP contribution in [0.4, 0.5) is 4.39 Å². The van der Waals surface area contributed by atoms with Gasteiger partial charge in [0.25, 0.3) is 5.56 Å². The molecule has 3 aromatic carbocycles. The van der Waals surface area contributed by atoms with Crippen molar-refractivity contribution in [2.45, 2.75) is 43.2 Å². The summed E-state index contributed by atoms with van der Waals surface area (Å²) in [6.45, 7) is 0.535. The number of nitrogens with zero attached hydrogens (tertiary/aromatic N) is 2. The Hall–Kier alpha value is -3.45. The van der Waals surface area contributed by atoms with E-state index in [2.05, 4.69) is 10.3 Å². The molecule has 2 heterocycles. The molecule has 35 heavy (non-hydrogen) atoms. The van der Waals surface area contributed by atoms with Crippen LogP contribution in [-0.2, 0) is 24.2 Å². The number of aromatic nitrogens is 2. The van der Waals surface area contributed by atoms with E-state index >= 15 is 0 Å². The summed E-state index contributed by atoms with van der Waals surface area (Å²) in [5.41, 5.74) is 3.74. The van der Waals surface area contributed by atoms with E-state index in [9.17, 15) is 14.0 Å². The van der Waals surface area contributed by atoms with Gasteiger partial charge in [0, 0.05) is 30.0 Å². The molecular weight excluding hydrogens is 461 g/mol. The van der Waals surface area contributed by atoms with Crippen molar-refractivity contribution in [2.24, 2.45) is 0 Å². The molecule has 0 radical (unpaired) electrons. The van der Waals surface area contributed by atoms with Gasteiger partial charge in [0.2, 0.25) is 5.91 Å². The molecule has 0 saturated heterocycles. The summed E-state index contributed by atoms with van der Waals surface area (Å²) < 4.78 is 15.6. The molecule has 4 aromatic rings. The molecule has 0 saturated carbocycles. The van der Waals surface area contributed by atoms with Gasteiger partial charge in [-0.3, -0.25) is 9.59 Å². The summed E-state index contributed by atoms with van der Waals surface area (Å²) in [5, 5.41) is 3.03. The predicted octanol–water partition coefficient (Wildman–Crippen LogP) is 5.06. The van der Waals surface area contributed by atoms with E-state index in [0.717, 1.165) is 45.7 Å². The second-order valence-electron chi connectivity index (χ2n) is 8.68. The van der Waals surface area contributed by atoms with E-state index in [1.807, 2.05) is 54.6 Å². The molecule has 1 atom stereocenters. The molecule has 0 aliphatic carbocycles. The molecule has 1 aromatic heterocycles. The normalized spacial score (nSPS) is 15.1. The largest absolute Gasteiger partial charge is 0.349 e. The van der Waals surface area contributed by atoms with E-state index in [0.29, 0.717) is 12.2 Å². The lowest BCUT2D eigenvalue weighted by atomic mass is 10.0. The lowest BCUT2D eigenvalue weighted by Crippen LogP contribution is -2.32. The molecule has 0 unspecified atom stereocenters. The highest BCUT2D eigenvalue weighted by atomic mass is 32.2. The van der Waals surface area contributed by atoms with Crippen LogP contribution in [0.5, 0.6) is 0 Å². The number of hydrogen-bond acceptors (Lipinski definition) is 4. The Kier molecular flexibility index (Phi) is 6.95. The van der Waals surface area contributed by atoms with Crippen molar-refractivity contribution < 1.29 is 9.18 Å². The number of amides is 1. The van der Waals surface area contributed by atoms with Gasteiger partial charge in [0.15, 0.2) is 0 Å². The lowest BCUT2D eigenvalue weighted by Gasteiger charge is -2.26. The highest BCUT2D eigenvalue weighted by Crippen LogP contribution is 2.36. The van der Waals surface area contributed by atoms with E-state index in [1.165, 1.54) is 12.1 Å². The number of aryl methyl sites for hydroxylation is 3. The molecule has 1 N–H and O–H groups in total. The smallest absolute Gasteiger partial charge is 0.272 e. The zero-order valence-electron chi connectivity index (χ0n) is 19.2. The van der Waals surface area contributed by atoms with Crippen molar-refractivity contribution in [3.63, 3.8) is 0 Å². The third-order valence-corrected chi connectivity index (χ3v) is 7.44. The maximum atomic E-state index is 13.8. The monoisotopic (exact) mass is 487 g/mol. The number of benzene rings is 3. The molecule has 0 bridgehead atoms. The Bertz CT molecular complexity index is 1420. The number of fused-ring (bicyclic) bond motifs is 2. The number of carbonyl (C=O) groups excluding carboxylic acids is 1. The zero-order chi connectivity index (χ0) is 24.2. The number of carbonyl (C=O) groups is 1. The second kappa shape index (κ2) is 10.4. The Balaban J connectivity index is 1.32. The standard InChI is InChI=1S/C28H26FN3O2S/c29-20-10-12-26-21(18-20)22(15-17-35-26)31-27(33)13-11-24-28(34)32(16-14-19-6-2-1-3-7-19)25-9-5-4-8-23(25)30-24/h1-10,12,18,22H,11,13-17H2,(H,31,33)/t22-/m1/s1. The van der Waals surface area contributed by atoms with Gasteiger partial charge in [-0.25, -0.2) is 9.37 Å². The summed E-state index contributed by atoms with van der Waals surface area (Å²) in [6.07, 6.45) is 1.86. The summed E-state index contributed by atoms with van der Waals surface area (Å²) in [7, 11) is 0. The first kappa shape index (κ1) is 23.3. The van der Waals surface area contributed by atoms with Gasteiger partial charge in [-0.15, -0.1) is 11.8 Å². The molecule has 0 fully saturated rings. The molecule has 1 aliphatic heterocycles. The molecule has 178 valence electrons. The zero-order valence-corrected chi connectivity index (χ0v) is 20.1. The first-order chi connectivity index (χ1) is 17.1. The second-order valence-corrected chi connectivity index (χ2v) is 9.82. The Morgan fingerprint density at radius 1 is 1.06 bits per heavy atom. The van der Waals surface area contributed by atoms with Gasteiger partial charge in [0.1, 0.15) is 11.5 Å². The van der Waals surface area contributed by atoms with Crippen molar-refractivity contribution in [3.8, 4) is 0 Å². The number of nitrogens with one attached hydrogen (secondary N) is 1. The maximum absolute atomic E-state index is 13.8. The number of halogens is 1. The van der Waals surface area contributed by atoms with Crippen LogP contribution >= 0.6 is 11.8 Å². The van der Waals surface area contributed by atoms with E-state index in [-0.39, 0.29) is 36.2 Å². The van der Waals surface area contributed by atoms with Crippen molar-refractivity contribution in [3.05, 3.63) is 106 Å². The summed E-state index contributed by atoms with van der Waals surface area (Å²) in [5.74, 6) is 0.395. The Morgan fingerprint density at radius 3 is 2.71 bits per heavy atom. The van der Waals surface area contributed by atoms with Crippen molar-refractivity contribution in [1.82, 2.24) is 14.9 Å². The van der Waals surface area contributed by atoms with Crippen molar-refractivity contribution in [2.75, 3.05) is 5.75 Å². The minimum Gasteiger partial charge on any atom is -0.349 e. The number of hydrogen-bond donors (Lipinski definition) is 1. The third kappa shape index (κ3) is 5.30. The first-order valence-electron chi connectivity index (χ1n) is 11.8. The van der Waals surface area contributed by atoms with Crippen LogP contribution < -0.4 is 10.9 Å². The highest BCUT2D eigenvalue weighted by molar-refractivity contribution is 7.99. The minimum absolute atomic E-state index is 0.146. The molecule has 1 aliphatic rings. The Morgan fingerprint density at radius 2 is 1.86 bits per heavy atom. The summed E-state index contributed by atoms with van der Waals surface area (Å²) in [4.78, 5) is 31.7. The Labute approximate surface area is 207 Å². The number of rotatable bonds is 7. The quantitative estimate of drug-likeness (QED) is 0.396. The van der Waals surface area contributed by atoms with E-state index in [4.69, 9.17) is 0 Å². The first-order valence-corrected chi connectivity index (χ1v) is 12.8. The maximum Gasteiger partial charge on any atom is 0.272 e. The molecule has 5 nitrogen and oxygen atoms in total. The van der Waals surface area contributed by atoms with Crippen LogP contribution in [0.15, 0.2) is 82.5 Å². The topological polar surface area (TPSA) is 64.0 Å². The fourth-order valence-corrected chi connectivity index (χ4v) is 5.64. The van der Waals surface area contributed by atoms with Crippen LogP contribution in [0.25, 0.3) is 11.0 Å². The van der Waals surface area contributed by atoms with Gasteiger partial charge in [-0.2, -0.15) is 0 Å². The van der Waals surface area contributed by atoms with Crippen LogP contribution in [0.3, 0.4) is 0 Å². The molecule has 7 heteroatoms. The summed E-state index contributed by atoms with van der Waals surface area (Å²) in [6, 6.07) is 22.1. The minimum atomic E-state index is -0.304. The average Bonchev–Trinajstić information content (AvgIpc) is 2.88. The predicted molar refractivity (Wildman–Crippen MR) is 137 cm³/mol. The average molecular weight is 488 g/mol. The summed E-state index contributed by atoms with van der Waals surface area (Å²) >= 11 is 1.67. The van der Waals surface area contributed by atoms with Crippen molar-refractivity contribution >= 4 is 28.7 Å². The van der Waals surface area contributed by atoms with Crippen LogP contribution in [0.1, 0.15) is 35.7 Å². The van der Waals surface area contributed by atoms with E-state index in [1.54, 1.807) is 22.4 Å². The number of para-hydroxylation sites is 2. The fourth-order valence-electron chi connectivity index (χ4n) is 4.53. The fraction of sp³-hybridized carbons (Fsp3) is 0.250. The molecule has 5 rings (SSSR count). The molecule has 0 spiro atoms.